The Labute approximate surface area is 203 Å². The fourth-order valence-corrected chi connectivity index (χ4v) is 2.46. The van der Waals surface area contributed by atoms with E-state index in [0.717, 1.165) is 5.56 Å². The normalized spacial score (nSPS) is 11.0. The first-order valence-corrected chi connectivity index (χ1v) is 11.8. The number of rotatable bonds is 24. The number of hydrogen-bond acceptors (Lipinski definition) is 9. The van der Waals surface area contributed by atoms with Crippen LogP contribution in [0.2, 0.25) is 0 Å². The molecule has 196 valence electrons. The van der Waals surface area contributed by atoms with Crippen LogP contribution < -0.4 is 5.32 Å². The van der Waals surface area contributed by atoms with E-state index in [-0.39, 0.29) is 6.61 Å². The first-order valence-electron chi connectivity index (χ1n) is 11.8. The quantitative estimate of drug-likeness (QED) is 0.219. The molecule has 10 nitrogen and oxygen atoms in total. The molecule has 0 bridgehead atoms. The number of carbonyl (C=O) groups excluding carboxylic acids is 1. The van der Waals surface area contributed by atoms with Gasteiger partial charge in [0.25, 0.3) is 0 Å². The number of hydrogen-bond donors (Lipinski definition) is 1. The first kappa shape index (κ1) is 30.2. The van der Waals surface area contributed by atoms with Gasteiger partial charge in [0.05, 0.1) is 85.9 Å². The van der Waals surface area contributed by atoms with Crippen LogP contribution in [-0.2, 0) is 44.5 Å². The minimum absolute atomic E-state index is 0.246. The summed E-state index contributed by atoms with van der Waals surface area (Å²) in [6.45, 7) is 9.95. The molecule has 0 radical (unpaired) electrons. The van der Waals surface area contributed by atoms with Gasteiger partial charge in [-0.15, -0.1) is 0 Å². The van der Waals surface area contributed by atoms with Crippen molar-refractivity contribution in [1.29, 1.82) is 0 Å². The van der Waals surface area contributed by atoms with Gasteiger partial charge >= 0.3 is 6.09 Å². The SMILES string of the molecule is CCOCCOCCOCCOCCOCCOCCOCCNC(=O)OCc1ccccc1. The van der Waals surface area contributed by atoms with Crippen molar-refractivity contribution in [3.8, 4) is 0 Å². The lowest BCUT2D eigenvalue weighted by atomic mass is 10.2. The number of benzene rings is 1. The van der Waals surface area contributed by atoms with Gasteiger partial charge in [-0.2, -0.15) is 0 Å². The standard InChI is InChI=1S/C24H41NO9/c1-2-27-10-11-29-14-15-31-18-19-33-21-20-32-17-16-30-13-12-28-9-8-25-24(26)34-22-23-6-4-3-5-7-23/h3-7H,2,8-22H2,1H3,(H,25,26). The minimum atomic E-state index is -0.462. The van der Waals surface area contributed by atoms with E-state index in [4.69, 9.17) is 37.9 Å². The molecular weight excluding hydrogens is 446 g/mol. The molecule has 0 aromatic heterocycles. The Kier molecular flexibility index (Phi) is 21.6. The highest BCUT2D eigenvalue weighted by molar-refractivity contribution is 5.67. The van der Waals surface area contributed by atoms with Crippen LogP contribution in [0.1, 0.15) is 12.5 Å². The zero-order valence-corrected chi connectivity index (χ0v) is 20.4. The number of nitrogens with one attached hydrogen (secondary N) is 1. The van der Waals surface area contributed by atoms with E-state index in [2.05, 4.69) is 5.32 Å². The van der Waals surface area contributed by atoms with E-state index in [1.165, 1.54) is 0 Å². The van der Waals surface area contributed by atoms with Crippen molar-refractivity contribution in [2.45, 2.75) is 13.5 Å². The van der Waals surface area contributed by atoms with E-state index in [1.807, 2.05) is 37.3 Å². The van der Waals surface area contributed by atoms with Crippen LogP contribution >= 0.6 is 0 Å². The molecule has 0 saturated carbocycles. The molecular formula is C24H41NO9. The zero-order chi connectivity index (χ0) is 24.4. The molecule has 1 N–H and O–H groups in total. The molecule has 1 amide bonds. The molecule has 0 aliphatic rings. The van der Waals surface area contributed by atoms with Crippen LogP contribution in [0.15, 0.2) is 30.3 Å². The Hall–Kier alpha value is -1.79. The van der Waals surface area contributed by atoms with Crippen LogP contribution in [0.25, 0.3) is 0 Å². The van der Waals surface area contributed by atoms with Crippen molar-refractivity contribution < 1.29 is 42.7 Å². The Bertz CT molecular complexity index is 563. The first-order chi connectivity index (χ1) is 16.8. The van der Waals surface area contributed by atoms with Gasteiger partial charge < -0.3 is 43.2 Å². The summed E-state index contributed by atoms with van der Waals surface area (Å²) in [7, 11) is 0. The third kappa shape index (κ3) is 20.8. The molecule has 0 spiro atoms. The topological polar surface area (TPSA) is 103 Å². The third-order valence-corrected chi connectivity index (χ3v) is 4.16. The monoisotopic (exact) mass is 487 g/mol. The number of amides is 1. The number of ether oxygens (including phenoxy) is 8. The van der Waals surface area contributed by atoms with Crippen molar-refractivity contribution in [2.75, 3.05) is 99.0 Å². The van der Waals surface area contributed by atoms with Gasteiger partial charge in [-0.25, -0.2) is 4.79 Å². The van der Waals surface area contributed by atoms with Crippen molar-refractivity contribution in [2.24, 2.45) is 0 Å². The molecule has 0 saturated heterocycles. The Morgan fingerprint density at radius 2 is 1.03 bits per heavy atom. The third-order valence-electron chi connectivity index (χ3n) is 4.16. The lowest BCUT2D eigenvalue weighted by molar-refractivity contribution is -0.0200. The second-order valence-electron chi connectivity index (χ2n) is 6.86. The number of alkyl carbamates (subject to hydrolysis) is 1. The Balaban J connectivity index is 1.69. The van der Waals surface area contributed by atoms with Crippen LogP contribution in [0, 0.1) is 0 Å². The summed E-state index contributed by atoms with van der Waals surface area (Å²) < 4.78 is 42.7. The molecule has 1 aromatic rings. The van der Waals surface area contributed by atoms with E-state index < -0.39 is 6.09 Å². The van der Waals surface area contributed by atoms with Crippen molar-refractivity contribution in [1.82, 2.24) is 5.32 Å². The molecule has 0 heterocycles. The van der Waals surface area contributed by atoms with Crippen molar-refractivity contribution in [3.63, 3.8) is 0 Å². The van der Waals surface area contributed by atoms with Gasteiger partial charge in [-0.05, 0) is 12.5 Å². The Morgan fingerprint density at radius 3 is 1.47 bits per heavy atom. The maximum atomic E-state index is 11.6. The summed E-state index contributed by atoms with van der Waals surface area (Å²) in [6, 6.07) is 9.52. The van der Waals surface area contributed by atoms with Gasteiger partial charge in [0.1, 0.15) is 6.61 Å². The Morgan fingerprint density at radius 1 is 0.618 bits per heavy atom. The maximum Gasteiger partial charge on any atom is 0.407 e. The molecule has 0 aliphatic carbocycles. The largest absolute Gasteiger partial charge is 0.445 e. The summed E-state index contributed by atoms with van der Waals surface area (Å²) in [5.41, 5.74) is 0.943. The summed E-state index contributed by atoms with van der Waals surface area (Å²) in [6.07, 6.45) is -0.462. The lowest BCUT2D eigenvalue weighted by Gasteiger charge is -2.09. The molecule has 34 heavy (non-hydrogen) atoms. The van der Waals surface area contributed by atoms with Crippen LogP contribution in [0.4, 0.5) is 4.79 Å². The molecule has 0 fully saturated rings. The summed E-state index contributed by atoms with van der Waals surface area (Å²) >= 11 is 0. The van der Waals surface area contributed by atoms with Gasteiger partial charge in [0.15, 0.2) is 0 Å². The molecule has 10 heteroatoms. The second-order valence-corrected chi connectivity index (χ2v) is 6.86. The van der Waals surface area contributed by atoms with Crippen LogP contribution in [-0.4, -0.2) is 105 Å². The van der Waals surface area contributed by atoms with E-state index in [9.17, 15) is 4.79 Å². The second kappa shape index (κ2) is 24.3. The average Bonchev–Trinajstić information content (AvgIpc) is 2.86. The van der Waals surface area contributed by atoms with E-state index in [0.29, 0.717) is 99.0 Å². The fraction of sp³-hybridized carbons (Fsp3) is 0.708. The summed E-state index contributed by atoms with van der Waals surface area (Å²) in [5.74, 6) is 0. The van der Waals surface area contributed by atoms with Crippen LogP contribution in [0.5, 0.6) is 0 Å². The number of carbonyl (C=O) groups is 1. The highest BCUT2D eigenvalue weighted by atomic mass is 16.6. The molecule has 0 atom stereocenters. The van der Waals surface area contributed by atoms with E-state index in [1.54, 1.807) is 0 Å². The van der Waals surface area contributed by atoms with Crippen molar-refractivity contribution in [3.05, 3.63) is 35.9 Å². The maximum absolute atomic E-state index is 11.6. The van der Waals surface area contributed by atoms with Gasteiger partial charge in [0.2, 0.25) is 0 Å². The smallest absolute Gasteiger partial charge is 0.407 e. The van der Waals surface area contributed by atoms with Crippen molar-refractivity contribution >= 4 is 6.09 Å². The minimum Gasteiger partial charge on any atom is -0.445 e. The summed E-state index contributed by atoms with van der Waals surface area (Å²) in [5, 5.41) is 2.64. The van der Waals surface area contributed by atoms with Crippen LogP contribution in [0.3, 0.4) is 0 Å². The summed E-state index contributed by atoms with van der Waals surface area (Å²) in [4.78, 5) is 11.6. The molecule has 0 unspecified atom stereocenters. The molecule has 0 aliphatic heterocycles. The average molecular weight is 488 g/mol. The predicted molar refractivity (Wildman–Crippen MR) is 126 cm³/mol. The van der Waals surface area contributed by atoms with Gasteiger partial charge in [-0.1, -0.05) is 30.3 Å². The fourth-order valence-electron chi connectivity index (χ4n) is 2.46. The molecule has 1 aromatic carbocycles. The van der Waals surface area contributed by atoms with Gasteiger partial charge in [0, 0.05) is 13.2 Å². The predicted octanol–water partition coefficient (Wildman–Crippen LogP) is 2.05. The highest BCUT2D eigenvalue weighted by Gasteiger charge is 2.01. The lowest BCUT2D eigenvalue weighted by Crippen LogP contribution is -2.28. The molecule has 1 rings (SSSR count). The zero-order valence-electron chi connectivity index (χ0n) is 20.4. The van der Waals surface area contributed by atoms with E-state index >= 15 is 0 Å². The van der Waals surface area contributed by atoms with Gasteiger partial charge in [-0.3, -0.25) is 0 Å². The highest BCUT2D eigenvalue weighted by Crippen LogP contribution is 2.00.